The monoisotopic (exact) mass is 274 g/mol. The number of amides is 1. The van der Waals surface area contributed by atoms with Crippen molar-refractivity contribution in [3.63, 3.8) is 0 Å². The van der Waals surface area contributed by atoms with Crippen LogP contribution >= 0.6 is 0 Å². The Morgan fingerprint density at radius 2 is 2.05 bits per heavy atom. The van der Waals surface area contributed by atoms with E-state index < -0.39 is 5.97 Å². The van der Waals surface area contributed by atoms with Gasteiger partial charge >= 0.3 is 5.97 Å². The van der Waals surface area contributed by atoms with Crippen molar-refractivity contribution in [2.45, 2.75) is 19.4 Å². The zero-order valence-corrected chi connectivity index (χ0v) is 11.4. The predicted octanol–water partition coefficient (Wildman–Crippen LogP) is 1.20. The van der Waals surface area contributed by atoms with Gasteiger partial charge in [-0.3, -0.25) is 9.59 Å². The number of benzene rings is 1. The average molecular weight is 274 g/mol. The van der Waals surface area contributed by atoms with Gasteiger partial charge in [0.15, 0.2) is 0 Å². The van der Waals surface area contributed by atoms with E-state index >= 15 is 0 Å². The number of hydrogen-bond acceptors (Lipinski definition) is 3. The first-order valence-corrected chi connectivity index (χ1v) is 6.92. The quantitative estimate of drug-likeness (QED) is 0.869. The zero-order chi connectivity index (χ0) is 14.3. The van der Waals surface area contributed by atoms with Crippen LogP contribution in [-0.4, -0.2) is 41.0 Å². The van der Waals surface area contributed by atoms with Gasteiger partial charge in [-0.05, 0) is 11.6 Å². The third-order valence-electron chi connectivity index (χ3n) is 4.39. The topological polar surface area (TPSA) is 69.6 Å². The molecule has 0 radical (unpaired) electrons. The van der Waals surface area contributed by atoms with Gasteiger partial charge in [0.2, 0.25) is 5.91 Å². The maximum atomic E-state index is 12.4. The standard InChI is InChI=1S/C15H18N2O3/c1-9(15(19)20)11-7-17(8-11)14(18)13-6-10-4-2-3-5-12(10)16-13/h2-5,9,11,13,16H,6-8H2,1H3,(H,19,20). The maximum absolute atomic E-state index is 12.4. The molecule has 3 rings (SSSR count). The summed E-state index contributed by atoms with van der Waals surface area (Å²) in [6.45, 7) is 2.82. The summed E-state index contributed by atoms with van der Waals surface area (Å²) in [7, 11) is 0. The molecule has 1 aromatic rings. The summed E-state index contributed by atoms with van der Waals surface area (Å²) in [6.07, 6.45) is 0.713. The molecule has 20 heavy (non-hydrogen) atoms. The van der Waals surface area contributed by atoms with Gasteiger partial charge in [-0.1, -0.05) is 25.1 Å². The zero-order valence-electron chi connectivity index (χ0n) is 11.4. The van der Waals surface area contributed by atoms with Crippen LogP contribution in [-0.2, 0) is 16.0 Å². The molecule has 0 bridgehead atoms. The molecule has 0 spiro atoms. The maximum Gasteiger partial charge on any atom is 0.306 e. The highest BCUT2D eigenvalue weighted by Crippen LogP contribution is 2.29. The minimum absolute atomic E-state index is 0.0787. The molecule has 1 saturated heterocycles. The van der Waals surface area contributed by atoms with E-state index in [0.717, 1.165) is 5.69 Å². The van der Waals surface area contributed by atoms with Crippen LogP contribution in [0, 0.1) is 11.8 Å². The van der Waals surface area contributed by atoms with E-state index in [1.54, 1.807) is 11.8 Å². The summed E-state index contributed by atoms with van der Waals surface area (Å²) in [4.78, 5) is 25.0. The number of fused-ring (bicyclic) bond motifs is 1. The van der Waals surface area contributed by atoms with E-state index in [1.165, 1.54) is 5.56 Å². The third kappa shape index (κ3) is 2.13. The van der Waals surface area contributed by atoms with Crippen molar-refractivity contribution in [3.05, 3.63) is 29.8 Å². The van der Waals surface area contributed by atoms with E-state index in [9.17, 15) is 9.59 Å². The molecule has 5 nitrogen and oxygen atoms in total. The Morgan fingerprint density at radius 1 is 1.35 bits per heavy atom. The second-order valence-corrected chi connectivity index (χ2v) is 5.69. The Bertz CT molecular complexity index is 527. The van der Waals surface area contributed by atoms with Gasteiger partial charge in [0, 0.05) is 31.1 Å². The fourth-order valence-corrected chi connectivity index (χ4v) is 2.88. The number of nitrogens with one attached hydrogen (secondary N) is 1. The lowest BCUT2D eigenvalue weighted by Gasteiger charge is -2.42. The van der Waals surface area contributed by atoms with E-state index in [-0.39, 0.29) is 23.8 Å². The van der Waals surface area contributed by atoms with Crippen molar-refractivity contribution in [3.8, 4) is 0 Å². The Morgan fingerprint density at radius 3 is 2.70 bits per heavy atom. The van der Waals surface area contributed by atoms with Crippen molar-refractivity contribution in [1.29, 1.82) is 0 Å². The number of nitrogens with zero attached hydrogens (tertiary/aromatic N) is 1. The fourth-order valence-electron chi connectivity index (χ4n) is 2.88. The number of hydrogen-bond donors (Lipinski definition) is 2. The fraction of sp³-hybridized carbons (Fsp3) is 0.467. The molecule has 2 unspecified atom stereocenters. The molecule has 106 valence electrons. The molecule has 0 saturated carbocycles. The molecule has 0 aliphatic carbocycles. The summed E-state index contributed by atoms with van der Waals surface area (Å²) in [5, 5.41) is 12.2. The molecule has 1 amide bonds. The van der Waals surface area contributed by atoms with Crippen LogP contribution in [0.5, 0.6) is 0 Å². The smallest absolute Gasteiger partial charge is 0.306 e. The molecule has 2 heterocycles. The molecular weight excluding hydrogens is 256 g/mol. The summed E-state index contributed by atoms with van der Waals surface area (Å²) >= 11 is 0. The van der Waals surface area contributed by atoms with Crippen LogP contribution < -0.4 is 5.32 Å². The molecule has 1 fully saturated rings. The predicted molar refractivity (Wildman–Crippen MR) is 74.4 cm³/mol. The Labute approximate surface area is 117 Å². The van der Waals surface area contributed by atoms with Crippen LogP contribution in [0.15, 0.2) is 24.3 Å². The highest BCUT2D eigenvalue weighted by molar-refractivity contribution is 5.88. The van der Waals surface area contributed by atoms with Crippen LogP contribution in [0.25, 0.3) is 0 Å². The van der Waals surface area contributed by atoms with Gasteiger partial charge < -0.3 is 15.3 Å². The summed E-state index contributed by atoms with van der Waals surface area (Å²) in [5.41, 5.74) is 2.20. The molecule has 0 aromatic heterocycles. The van der Waals surface area contributed by atoms with Crippen molar-refractivity contribution in [2.24, 2.45) is 11.8 Å². The van der Waals surface area contributed by atoms with E-state index in [1.807, 2.05) is 24.3 Å². The molecule has 2 aliphatic heterocycles. The van der Waals surface area contributed by atoms with E-state index in [4.69, 9.17) is 5.11 Å². The number of carboxylic acid groups (broad SMARTS) is 1. The largest absolute Gasteiger partial charge is 0.481 e. The SMILES string of the molecule is CC(C(=O)O)C1CN(C(=O)C2Cc3ccccc3N2)C1. The first-order valence-electron chi connectivity index (χ1n) is 6.92. The van der Waals surface area contributed by atoms with Crippen molar-refractivity contribution < 1.29 is 14.7 Å². The molecule has 2 aliphatic rings. The van der Waals surface area contributed by atoms with Crippen LogP contribution in [0.1, 0.15) is 12.5 Å². The summed E-state index contributed by atoms with van der Waals surface area (Å²) in [5.74, 6) is -1.00. The number of rotatable bonds is 3. The number of carbonyl (C=O) groups excluding carboxylic acids is 1. The van der Waals surface area contributed by atoms with Gasteiger partial charge in [-0.25, -0.2) is 0 Å². The highest BCUT2D eigenvalue weighted by atomic mass is 16.4. The molecule has 1 aromatic carbocycles. The van der Waals surface area contributed by atoms with Crippen molar-refractivity contribution >= 4 is 17.6 Å². The molecule has 2 N–H and O–H groups in total. The lowest BCUT2D eigenvalue weighted by Crippen LogP contribution is -2.57. The number of likely N-dealkylation sites (tertiary alicyclic amines) is 1. The number of carbonyl (C=O) groups is 2. The van der Waals surface area contributed by atoms with E-state index in [0.29, 0.717) is 19.5 Å². The first kappa shape index (κ1) is 13.0. The Hall–Kier alpha value is -2.04. The van der Waals surface area contributed by atoms with Gasteiger partial charge in [-0.15, -0.1) is 0 Å². The lowest BCUT2D eigenvalue weighted by atomic mass is 9.86. The summed E-state index contributed by atoms with van der Waals surface area (Å²) < 4.78 is 0. The van der Waals surface area contributed by atoms with Crippen LogP contribution in [0.4, 0.5) is 5.69 Å². The average Bonchev–Trinajstić information content (AvgIpc) is 2.80. The second kappa shape index (κ2) is 4.81. The Kier molecular flexibility index (Phi) is 3.12. The van der Waals surface area contributed by atoms with Gasteiger partial charge in [0.25, 0.3) is 0 Å². The van der Waals surface area contributed by atoms with Crippen LogP contribution in [0.3, 0.4) is 0 Å². The van der Waals surface area contributed by atoms with Crippen molar-refractivity contribution in [1.82, 2.24) is 4.90 Å². The normalized spacial score (nSPS) is 22.6. The highest BCUT2D eigenvalue weighted by Gasteiger charge is 2.40. The number of carboxylic acids is 1. The number of para-hydroxylation sites is 1. The van der Waals surface area contributed by atoms with Crippen molar-refractivity contribution in [2.75, 3.05) is 18.4 Å². The van der Waals surface area contributed by atoms with Gasteiger partial charge in [0.1, 0.15) is 6.04 Å². The minimum atomic E-state index is -0.784. The molecule has 2 atom stereocenters. The van der Waals surface area contributed by atoms with Crippen LogP contribution in [0.2, 0.25) is 0 Å². The van der Waals surface area contributed by atoms with E-state index in [2.05, 4.69) is 5.32 Å². The first-order chi connectivity index (χ1) is 9.56. The molecular formula is C15H18N2O3. The summed E-state index contributed by atoms with van der Waals surface area (Å²) in [6, 6.07) is 7.73. The molecule has 5 heteroatoms. The second-order valence-electron chi connectivity index (χ2n) is 5.69. The van der Waals surface area contributed by atoms with Gasteiger partial charge in [-0.2, -0.15) is 0 Å². The lowest BCUT2D eigenvalue weighted by molar-refractivity contribution is -0.150. The minimum Gasteiger partial charge on any atom is -0.481 e. The Balaban J connectivity index is 1.57. The number of aliphatic carboxylic acids is 1. The number of anilines is 1. The van der Waals surface area contributed by atoms with Gasteiger partial charge in [0.05, 0.1) is 5.92 Å². The third-order valence-corrected chi connectivity index (χ3v) is 4.39.